The number of nitrogens with one attached hydrogen (secondary N) is 3. The largest absolute Gasteiger partial charge is 0.324 e. The maximum absolute atomic E-state index is 13.2. The summed E-state index contributed by atoms with van der Waals surface area (Å²) in [5.41, 5.74) is 8.39. The van der Waals surface area contributed by atoms with Gasteiger partial charge in [-0.05, 0) is 62.1 Å². The molecule has 2 atom stereocenters. The molecule has 35 heavy (non-hydrogen) atoms. The van der Waals surface area contributed by atoms with Gasteiger partial charge in [0.2, 0.25) is 11.8 Å². The summed E-state index contributed by atoms with van der Waals surface area (Å²) in [4.78, 5) is 43.2. The molecule has 1 aromatic heterocycles. The molecule has 0 aliphatic carbocycles. The van der Waals surface area contributed by atoms with Crippen LogP contribution in [0.2, 0.25) is 0 Å². The molecule has 2 aromatic carbocycles. The quantitative estimate of drug-likeness (QED) is 0.509. The maximum Gasteiger partial charge on any atom is 0.265 e. The predicted molar refractivity (Wildman–Crippen MR) is 135 cm³/mol. The second-order valence-corrected chi connectivity index (χ2v) is 8.86. The molecule has 4 rings (SSSR count). The molecule has 3 N–H and O–H groups in total. The van der Waals surface area contributed by atoms with Crippen molar-refractivity contribution >= 4 is 29.1 Å². The van der Waals surface area contributed by atoms with E-state index < -0.39 is 18.0 Å². The van der Waals surface area contributed by atoms with E-state index in [9.17, 15) is 14.4 Å². The lowest BCUT2D eigenvalue weighted by Gasteiger charge is -2.46. The Morgan fingerprint density at radius 2 is 1.17 bits per heavy atom. The number of anilines is 2. The zero-order chi connectivity index (χ0) is 25.1. The number of aromatic nitrogens is 1. The number of rotatable bonds is 6. The van der Waals surface area contributed by atoms with Gasteiger partial charge >= 0.3 is 0 Å². The Bertz CT molecular complexity index is 1160. The summed E-state index contributed by atoms with van der Waals surface area (Å²) in [6.45, 7) is 7.70. The summed E-state index contributed by atoms with van der Waals surface area (Å²) in [5, 5.41) is 7.39. The van der Waals surface area contributed by atoms with E-state index in [2.05, 4.69) is 21.0 Å². The Hall–Kier alpha value is -4.04. The van der Waals surface area contributed by atoms with E-state index in [4.69, 9.17) is 0 Å². The van der Waals surface area contributed by atoms with Crippen molar-refractivity contribution in [2.24, 2.45) is 0 Å². The van der Waals surface area contributed by atoms with Crippen molar-refractivity contribution < 1.29 is 14.4 Å². The summed E-state index contributed by atoms with van der Waals surface area (Å²) in [6.07, 6.45) is 3.30. The van der Waals surface area contributed by atoms with Gasteiger partial charge in [-0.1, -0.05) is 36.4 Å². The number of hydrazine groups is 1. The first-order valence-corrected chi connectivity index (χ1v) is 11.5. The fraction of sp³-hybridized carbons (Fsp3) is 0.259. The summed E-state index contributed by atoms with van der Waals surface area (Å²) >= 11 is 0. The normalized spacial score (nSPS) is 17.3. The number of hydrogen-bond donors (Lipinski definition) is 3. The summed E-state index contributed by atoms with van der Waals surface area (Å²) in [6, 6.07) is 13.3. The van der Waals surface area contributed by atoms with E-state index in [-0.39, 0.29) is 18.2 Å². The lowest BCUT2D eigenvalue weighted by atomic mass is 9.93. The van der Waals surface area contributed by atoms with Gasteiger partial charge in [0.15, 0.2) is 0 Å². The smallest absolute Gasteiger partial charge is 0.265 e. The minimum Gasteiger partial charge on any atom is -0.324 e. The summed E-state index contributed by atoms with van der Waals surface area (Å²) < 4.78 is 0. The molecule has 1 aliphatic heterocycles. The average molecular weight is 472 g/mol. The number of benzene rings is 2. The minimum absolute atomic E-state index is 0.268. The third kappa shape index (κ3) is 5.07. The number of amides is 3. The van der Waals surface area contributed by atoms with E-state index in [1.807, 2.05) is 64.1 Å². The Kier molecular flexibility index (Phi) is 6.93. The molecule has 180 valence electrons. The predicted octanol–water partition coefficient (Wildman–Crippen LogP) is 3.68. The molecule has 3 amide bonds. The van der Waals surface area contributed by atoms with Crippen molar-refractivity contribution in [3.63, 3.8) is 0 Å². The van der Waals surface area contributed by atoms with Crippen LogP contribution in [-0.4, -0.2) is 39.8 Å². The van der Waals surface area contributed by atoms with Crippen molar-refractivity contribution in [2.75, 3.05) is 10.6 Å². The second-order valence-electron chi connectivity index (χ2n) is 8.86. The monoisotopic (exact) mass is 471 g/mol. The fourth-order valence-electron chi connectivity index (χ4n) is 4.26. The maximum atomic E-state index is 13.2. The van der Waals surface area contributed by atoms with Gasteiger partial charge < -0.3 is 10.6 Å². The van der Waals surface area contributed by atoms with Gasteiger partial charge in [-0.3, -0.25) is 24.8 Å². The van der Waals surface area contributed by atoms with Crippen LogP contribution in [0, 0.1) is 27.7 Å². The summed E-state index contributed by atoms with van der Waals surface area (Å²) in [7, 11) is 0. The first-order chi connectivity index (χ1) is 16.8. The molecular formula is C27H29N5O3. The SMILES string of the molecule is Cc1cccc(C)c1NC(=O)C1CC(C(=O)Nc2c(C)cccc2C)N1NC(=O)c1ccncc1. The van der Waals surface area contributed by atoms with Crippen LogP contribution in [0.4, 0.5) is 11.4 Å². The highest BCUT2D eigenvalue weighted by Gasteiger charge is 2.48. The number of para-hydroxylation sites is 2. The zero-order valence-corrected chi connectivity index (χ0v) is 20.3. The molecule has 3 aromatic rings. The van der Waals surface area contributed by atoms with Crippen LogP contribution >= 0.6 is 0 Å². The first-order valence-electron chi connectivity index (χ1n) is 11.5. The Balaban J connectivity index is 1.55. The highest BCUT2D eigenvalue weighted by Crippen LogP contribution is 2.29. The fourth-order valence-corrected chi connectivity index (χ4v) is 4.26. The van der Waals surface area contributed by atoms with Gasteiger partial charge in [0.25, 0.3) is 5.91 Å². The lowest BCUT2D eigenvalue weighted by molar-refractivity contribution is -0.141. The molecule has 0 saturated carbocycles. The third-order valence-electron chi connectivity index (χ3n) is 6.36. The average Bonchev–Trinajstić information content (AvgIpc) is 2.82. The van der Waals surface area contributed by atoms with Gasteiger partial charge in [-0.25, -0.2) is 0 Å². The number of nitrogens with zero attached hydrogens (tertiary/aromatic N) is 2. The van der Waals surface area contributed by atoms with Crippen LogP contribution in [0.1, 0.15) is 39.0 Å². The molecule has 2 heterocycles. The van der Waals surface area contributed by atoms with Crippen molar-refractivity contribution in [2.45, 2.75) is 46.2 Å². The lowest BCUT2D eigenvalue weighted by Crippen LogP contribution is -2.70. The number of carbonyl (C=O) groups excluding carboxylic acids is 3. The molecule has 0 radical (unpaired) electrons. The Morgan fingerprint density at radius 1 is 0.743 bits per heavy atom. The van der Waals surface area contributed by atoms with Gasteiger partial charge in [-0.2, -0.15) is 5.01 Å². The van der Waals surface area contributed by atoms with Crippen molar-refractivity contribution in [1.29, 1.82) is 0 Å². The number of hydrogen-bond acceptors (Lipinski definition) is 5. The van der Waals surface area contributed by atoms with E-state index >= 15 is 0 Å². The second kappa shape index (κ2) is 10.1. The van der Waals surface area contributed by atoms with Crippen LogP contribution < -0.4 is 16.1 Å². The Morgan fingerprint density at radius 3 is 1.60 bits per heavy atom. The van der Waals surface area contributed by atoms with Crippen LogP contribution in [-0.2, 0) is 9.59 Å². The standard InChI is InChI=1S/C27H29N5O3/c1-16-7-5-8-17(2)23(16)29-26(34)21-15-22(27(35)30-24-18(3)9-6-10-19(24)4)32(21)31-25(33)20-11-13-28-14-12-20/h5-14,21-22H,15H2,1-4H3,(H,29,34)(H,30,35)(H,31,33). The van der Waals surface area contributed by atoms with E-state index in [0.29, 0.717) is 5.56 Å². The van der Waals surface area contributed by atoms with Gasteiger partial charge in [0.05, 0.1) is 0 Å². The minimum atomic E-state index is -0.700. The van der Waals surface area contributed by atoms with Crippen LogP contribution in [0.5, 0.6) is 0 Å². The molecule has 8 heteroatoms. The highest BCUT2D eigenvalue weighted by atomic mass is 16.2. The molecule has 2 unspecified atom stereocenters. The number of carbonyl (C=O) groups is 3. The molecule has 1 fully saturated rings. The molecule has 8 nitrogen and oxygen atoms in total. The van der Waals surface area contributed by atoms with E-state index in [1.54, 1.807) is 12.1 Å². The van der Waals surface area contributed by atoms with Crippen LogP contribution in [0.25, 0.3) is 0 Å². The van der Waals surface area contributed by atoms with Crippen molar-refractivity contribution in [1.82, 2.24) is 15.4 Å². The zero-order valence-electron chi connectivity index (χ0n) is 20.3. The molecular weight excluding hydrogens is 442 g/mol. The number of aryl methyl sites for hydroxylation is 4. The van der Waals surface area contributed by atoms with Crippen molar-refractivity contribution in [3.05, 3.63) is 88.7 Å². The molecule has 0 spiro atoms. The van der Waals surface area contributed by atoms with Crippen molar-refractivity contribution in [3.8, 4) is 0 Å². The first kappa shape index (κ1) is 24.1. The van der Waals surface area contributed by atoms with Crippen LogP contribution in [0.15, 0.2) is 60.9 Å². The highest BCUT2D eigenvalue weighted by molar-refractivity contribution is 6.03. The summed E-state index contributed by atoms with van der Waals surface area (Å²) in [5.74, 6) is -0.982. The molecule has 0 bridgehead atoms. The van der Waals surface area contributed by atoms with E-state index in [1.165, 1.54) is 17.4 Å². The third-order valence-corrected chi connectivity index (χ3v) is 6.36. The van der Waals surface area contributed by atoms with Crippen LogP contribution in [0.3, 0.4) is 0 Å². The topological polar surface area (TPSA) is 103 Å². The van der Waals surface area contributed by atoms with E-state index in [0.717, 1.165) is 33.6 Å². The van der Waals surface area contributed by atoms with Gasteiger partial charge in [0.1, 0.15) is 12.1 Å². The molecule has 1 aliphatic rings. The Labute approximate surface area is 204 Å². The van der Waals surface area contributed by atoms with Gasteiger partial charge in [0, 0.05) is 35.8 Å². The number of pyridine rings is 1. The molecule has 1 saturated heterocycles. The van der Waals surface area contributed by atoms with Gasteiger partial charge in [-0.15, -0.1) is 0 Å².